The summed E-state index contributed by atoms with van der Waals surface area (Å²) in [7, 11) is 0. The quantitative estimate of drug-likeness (QED) is 0.429. The van der Waals surface area contributed by atoms with Gasteiger partial charge in [-0.1, -0.05) is 6.92 Å². The van der Waals surface area contributed by atoms with Gasteiger partial charge in [-0.3, -0.25) is 0 Å². The number of hydrogen-bond acceptors (Lipinski definition) is 3. The van der Waals surface area contributed by atoms with Gasteiger partial charge in [-0.25, -0.2) is 9.97 Å². The van der Waals surface area contributed by atoms with Gasteiger partial charge in [0.2, 0.25) is 0 Å². The van der Waals surface area contributed by atoms with Crippen molar-refractivity contribution in [2.45, 2.75) is 32.2 Å². The highest BCUT2D eigenvalue weighted by Crippen LogP contribution is 2.30. The maximum absolute atomic E-state index is 6.11. The number of rotatable bonds is 4. The summed E-state index contributed by atoms with van der Waals surface area (Å²) in [6, 6.07) is 6.46. The summed E-state index contributed by atoms with van der Waals surface area (Å²) in [6.07, 6.45) is 2.99. The maximum atomic E-state index is 6.11. The molecule has 21 heavy (non-hydrogen) atoms. The Kier molecular flexibility index (Phi) is 4.51. The van der Waals surface area contributed by atoms with E-state index in [4.69, 9.17) is 11.6 Å². The molecule has 3 aromatic rings. The average Bonchev–Trinajstić information content (AvgIpc) is 3.09. The summed E-state index contributed by atoms with van der Waals surface area (Å²) in [5.74, 6) is 1.30. The molecule has 0 saturated heterocycles. The monoisotopic (exact) mass is 431 g/mol. The smallest absolute Gasteiger partial charge is 0.125 e. The zero-order valence-corrected chi connectivity index (χ0v) is 15.5. The molecule has 0 amide bonds. The lowest BCUT2D eigenvalue weighted by Gasteiger charge is -2.14. The van der Waals surface area contributed by atoms with Crippen LogP contribution < -0.4 is 0 Å². The van der Waals surface area contributed by atoms with Gasteiger partial charge < -0.3 is 4.57 Å². The standard InChI is InChI=1S/C15H15ClIN3S/c1-3-11-8-18-15(21-11)9(2)20-13-5-4-10(17)6-12(13)19-14(20)7-16/h4-6,8-9H,3,7H2,1-2H3. The van der Waals surface area contributed by atoms with Crippen LogP contribution in [0.5, 0.6) is 0 Å². The van der Waals surface area contributed by atoms with Crippen molar-refractivity contribution in [3.05, 3.63) is 43.7 Å². The summed E-state index contributed by atoms with van der Waals surface area (Å²) >= 11 is 10.2. The molecular formula is C15H15ClIN3S. The third kappa shape index (κ3) is 2.83. The predicted molar refractivity (Wildman–Crippen MR) is 97.3 cm³/mol. The van der Waals surface area contributed by atoms with E-state index < -0.39 is 0 Å². The van der Waals surface area contributed by atoms with Crippen LogP contribution in [0.4, 0.5) is 0 Å². The normalized spacial score (nSPS) is 13.0. The summed E-state index contributed by atoms with van der Waals surface area (Å²) in [5.41, 5.74) is 2.11. The molecule has 0 N–H and O–H groups in total. The zero-order valence-electron chi connectivity index (χ0n) is 11.8. The summed E-state index contributed by atoms with van der Waals surface area (Å²) in [5, 5.41) is 1.11. The van der Waals surface area contributed by atoms with Gasteiger partial charge in [0.1, 0.15) is 10.8 Å². The minimum absolute atomic E-state index is 0.147. The third-order valence-corrected chi connectivity index (χ3v) is 5.73. The van der Waals surface area contributed by atoms with Crippen molar-refractivity contribution in [3.8, 4) is 0 Å². The Morgan fingerprint density at radius 1 is 1.43 bits per heavy atom. The number of nitrogens with zero attached hydrogens (tertiary/aromatic N) is 3. The second-order valence-electron chi connectivity index (χ2n) is 4.86. The largest absolute Gasteiger partial charge is 0.317 e. The molecule has 0 saturated carbocycles. The Bertz CT molecular complexity index is 780. The molecule has 1 unspecified atom stereocenters. The van der Waals surface area contributed by atoms with Crippen LogP contribution in [-0.2, 0) is 12.3 Å². The zero-order chi connectivity index (χ0) is 15.0. The summed E-state index contributed by atoms with van der Waals surface area (Å²) in [4.78, 5) is 10.5. The lowest BCUT2D eigenvalue weighted by Crippen LogP contribution is -2.09. The van der Waals surface area contributed by atoms with E-state index in [-0.39, 0.29) is 6.04 Å². The molecule has 3 rings (SSSR count). The highest BCUT2D eigenvalue weighted by Gasteiger charge is 2.19. The number of aromatic nitrogens is 3. The second kappa shape index (κ2) is 6.22. The van der Waals surface area contributed by atoms with E-state index >= 15 is 0 Å². The van der Waals surface area contributed by atoms with Crippen LogP contribution in [0.25, 0.3) is 11.0 Å². The Labute approximate surface area is 146 Å². The number of fused-ring (bicyclic) bond motifs is 1. The first-order valence-electron chi connectivity index (χ1n) is 6.81. The second-order valence-corrected chi connectivity index (χ2v) is 7.52. The van der Waals surface area contributed by atoms with Crippen molar-refractivity contribution in [1.82, 2.24) is 14.5 Å². The Morgan fingerprint density at radius 2 is 2.24 bits per heavy atom. The number of halogens is 2. The number of thiazole rings is 1. The van der Waals surface area contributed by atoms with Gasteiger partial charge in [0, 0.05) is 14.6 Å². The van der Waals surface area contributed by atoms with Crippen LogP contribution in [-0.4, -0.2) is 14.5 Å². The fourth-order valence-electron chi connectivity index (χ4n) is 2.44. The highest BCUT2D eigenvalue weighted by molar-refractivity contribution is 14.1. The summed E-state index contributed by atoms with van der Waals surface area (Å²) < 4.78 is 3.39. The van der Waals surface area contributed by atoms with Crippen LogP contribution >= 0.6 is 45.5 Å². The first-order chi connectivity index (χ1) is 10.1. The molecule has 0 aliphatic rings. The van der Waals surface area contributed by atoms with E-state index in [0.717, 1.165) is 28.3 Å². The highest BCUT2D eigenvalue weighted by atomic mass is 127. The van der Waals surface area contributed by atoms with Gasteiger partial charge in [-0.05, 0) is 54.1 Å². The maximum Gasteiger partial charge on any atom is 0.125 e. The van der Waals surface area contributed by atoms with Crippen molar-refractivity contribution in [3.63, 3.8) is 0 Å². The Morgan fingerprint density at radius 3 is 2.90 bits per heavy atom. The van der Waals surface area contributed by atoms with Crippen LogP contribution in [0.2, 0.25) is 0 Å². The van der Waals surface area contributed by atoms with Crippen LogP contribution in [0.1, 0.15) is 35.6 Å². The average molecular weight is 432 g/mol. The number of aryl methyl sites for hydroxylation is 1. The molecule has 6 heteroatoms. The fraction of sp³-hybridized carbons (Fsp3) is 0.333. The van der Waals surface area contributed by atoms with E-state index in [2.05, 4.69) is 69.2 Å². The van der Waals surface area contributed by atoms with Crippen LogP contribution in [0, 0.1) is 3.57 Å². The Balaban J connectivity index is 2.13. The van der Waals surface area contributed by atoms with Crippen molar-refractivity contribution in [1.29, 1.82) is 0 Å². The lowest BCUT2D eigenvalue weighted by atomic mass is 10.3. The van der Waals surface area contributed by atoms with Gasteiger partial charge >= 0.3 is 0 Å². The lowest BCUT2D eigenvalue weighted by molar-refractivity contribution is 0.630. The van der Waals surface area contributed by atoms with Crippen molar-refractivity contribution in [2.75, 3.05) is 0 Å². The first-order valence-corrected chi connectivity index (χ1v) is 9.24. The minimum atomic E-state index is 0.147. The van der Waals surface area contributed by atoms with Crippen molar-refractivity contribution < 1.29 is 0 Å². The fourth-order valence-corrected chi connectivity index (χ4v) is 4.00. The van der Waals surface area contributed by atoms with Crippen LogP contribution in [0.15, 0.2) is 24.4 Å². The first kappa shape index (κ1) is 15.2. The van der Waals surface area contributed by atoms with Crippen LogP contribution in [0.3, 0.4) is 0 Å². The minimum Gasteiger partial charge on any atom is -0.317 e. The number of benzene rings is 1. The molecular weight excluding hydrogens is 417 g/mol. The molecule has 3 nitrogen and oxygen atoms in total. The Hall–Kier alpha value is -0.660. The number of alkyl halides is 1. The third-order valence-electron chi connectivity index (χ3n) is 3.51. The van der Waals surface area contributed by atoms with E-state index in [1.54, 1.807) is 11.3 Å². The molecule has 0 bridgehead atoms. The summed E-state index contributed by atoms with van der Waals surface area (Å²) in [6.45, 7) is 4.31. The van der Waals surface area contributed by atoms with Gasteiger partial charge in [0.25, 0.3) is 0 Å². The molecule has 1 atom stereocenters. The molecule has 0 fully saturated rings. The van der Waals surface area contributed by atoms with Gasteiger partial charge in [-0.15, -0.1) is 22.9 Å². The molecule has 0 aliphatic heterocycles. The van der Waals surface area contributed by atoms with E-state index in [1.165, 1.54) is 8.45 Å². The number of imidazole rings is 1. The molecule has 2 aromatic heterocycles. The molecule has 1 aromatic carbocycles. The van der Waals surface area contributed by atoms with E-state index in [9.17, 15) is 0 Å². The number of hydrogen-bond donors (Lipinski definition) is 0. The molecule has 0 radical (unpaired) electrons. The van der Waals surface area contributed by atoms with E-state index in [0.29, 0.717) is 5.88 Å². The molecule has 0 spiro atoms. The van der Waals surface area contributed by atoms with Crippen molar-refractivity contribution in [2.24, 2.45) is 0 Å². The molecule has 0 aliphatic carbocycles. The van der Waals surface area contributed by atoms with Gasteiger partial charge in [-0.2, -0.15) is 0 Å². The molecule has 2 heterocycles. The topological polar surface area (TPSA) is 30.7 Å². The SMILES string of the molecule is CCc1cnc(C(C)n2c(CCl)nc3cc(I)ccc32)s1. The van der Waals surface area contributed by atoms with Gasteiger partial charge in [0.05, 0.1) is 23.0 Å². The molecule has 110 valence electrons. The van der Waals surface area contributed by atoms with Crippen molar-refractivity contribution >= 4 is 56.6 Å². The van der Waals surface area contributed by atoms with Gasteiger partial charge in [0.15, 0.2) is 0 Å². The van der Waals surface area contributed by atoms with E-state index in [1.807, 2.05) is 6.20 Å². The predicted octanol–water partition coefficient (Wildman–Crippen LogP) is 5.01.